The Morgan fingerprint density at radius 3 is 2.64 bits per heavy atom. The summed E-state index contributed by atoms with van der Waals surface area (Å²) < 4.78 is 5.90. The van der Waals surface area contributed by atoms with E-state index < -0.39 is 0 Å². The zero-order chi connectivity index (χ0) is 16.2. The monoisotopic (exact) mass is 304 g/mol. The Morgan fingerprint density at radius 1 is 1.32 bits per heavy atom. The topological polar surface area (TPSA) is 32.8 Å². The highest BCUT2D eigenvalue weighted by atomic mass is 16.6. The smallest absolute Gasteiger partial charge is 0.110 e. The number of epoxide rings is 1. The lowest BCUT2D eigenvalue weighted by Crippen LogP contribution is -2.52. The zero-order valence-electron chi connectivity index (χ0n) is 14.5. The molecule has 1 aliphatic heterocycles. The normalized spacial score (nSPS) is 51.3. The van der Waals surface area contributed by atoms with Crippen LogP contribution >= 0.6 is 0 Å². The van der Waals surface area contributed by atoms with E-state index in [1.54, 1.807) is 0 Å². The van der Waals surface area contributed by atoms with Crippen LogP contribution in [0.25, 0.3) is 0 Å². The van der Waals surface area contributed by atoms with Gasteiger partial charge in [-0.05, 0) is 61.7 Å². The molecule has 0 bridgehead atoms. The fourth-order valence-corrected chi connectivity index (χ4v) is 5.66. The van der Waals surface area contributed by atoms with Gasteiger partial charge in [0, 0.05) is 6.61 Å². The highest BCUT2D eigenvalue weighted by Gasteiger charge is 2.58. The first-order valence-corrected chi connectivity index (χ1v) is 8.89. The molecule has 0 unspecified atom stereocenters. The summed E-state index contributed by atoms with van der Waals surface area (Å²) >= 11 is 0. The number of hydrogen-bond donors (Lipinski definition) is 1. The van der Waals surface area contributed by atoms with Crippen molar-refractivity contribution in [3.05, 3.63) is 24.8 Å². The Labute approximate surface area is 135 Å². The molecule has 2 aliphatic carbocycles. The van der Waals surface area contributed by atoms with E-state index in [9.17, 15) is 5.11 Å². The molecular formula is C20H32O2. The predicted molar refractivity (Wildman–Crippen MR) is 90.6 cm³/mol. The fraction of sp³-hybridized carbons (Fsp3) is 0.800. The van der Waals surface area contributed by atoms with Crippen LogP contribution in [0.15, 0.2) is 24.8 Å². The fourth-order valence-electron chi connectivity index (χ4n) is 5.66. The van der Waals surface area contributed by atoms with Crippen molar-refractivity contribution in [3.8, 4) is 0 Å². The summed E-state index contributed by atoms with van der Waals surface area (Å²) in [5.74, 6) is 1.12. The van der Waals surface area contributed by atoms with Gasteiger partial charge >= 0.3 is 0 Å². The van der Waals surface area contributed by atoms with Gasteiger partial charge in [-0.1, -0.05) is 38.5 Å². The largest absolute Gasteiger partial charge is 0.396 e. The van der Waals surface area contributed by atoms with Crippen molar-refractivity contribution in [3.63, 3.8) is 0 Å². The number of fused-ring (bicyclic) bond motifs is 1. The SMILES string of the molecule is C=C[C@]1(C)O[C@H]1C[C@H]1C(=C)CC[C@H]2[C@](C)(CO)CCC[C@]12C. The van der Waals surface area contributed by atoms with Crippen LogP contribution in [0.4, 0.5) is 0 Å². The zero-order valence-corrected chi connectivity index (χ0v) is 14.5. The van der Waals surface area contributed by atoms with Crippen molar-refractivity contribution in [2.75, 3.05) is 6.61 Å². The van der Waals surface area contributed by atoms with Gasteiger partial charge < -0.3 is 9.84 Å². The van der Waals surface area contributed by atoms with Crippen LogP contribution in [0.5, 0.6) is 0 Å². The molecule has 0 spiro atoms. The van der Waals surface area contributed by atoms with Gasteiger partial charge in [0.2, 0.25) is 0 Å². The van der Waals surface area contributed by atoms with Gasteiger partial charge in [-0.2, -0.15) is 0 Å². The first kappa shape index (κ1) is 16.3. The lowest BCUT2D eigenvalue weighted by Gasteiger charge is -2.58. The number of allylic oxidation sites excluding steroid dienone is 1. The van der Waals surface area contributed by atoms with E-state index in [0.717, 1.165) is 19.3 Å². The molecular weight excluding hydrogens is 272 g/mol. The highest BCUT2D eigenvalue weighted by Crippen LogP contribution is 2.62. The van der Waals surface area contributed by atoms with E-state index in [1.165, 1.54) is 24.8 Å². The molecule has 1 N–H and O–H groups in total. The summed E-state index contributed by atoms with van der Waals surface area (Å²) in [6, 6.07) is 0. The minimum absolute atomic E-state index is 0.0814. The third kappa shape index (κ3) is 2.30. The summed E-state index contributed by atoms with van der Waals surface area (Å²) in [5, 5.41) is 10.0. The molecule has 1 saturated heterocycles. The van der Waals surface area contributed by atoms with Crippen LogP contribution in [-0.2, 0) is 4.74 Å². The van der Waals surface area contributed by atoms with Crippen LogP contribution < -0.4 is 0 Å². The number of aliphatic hydroxyl groups is 1. The van der Waals surface area contributed by atoms with Gasteiger partial charge in [0.25, 0.3) is 0 Å². The molecule has 6 atom stereocenters. The van der Waals surface area contributed by atoms with E-state index in [2.05, 4.69) is 33.9 Å². The van der Waals surface area contributed by atoms with Crippen LogP contribution in [-0.4, -0.2) is 23.4 Å². The molecule has 3 fully saturated rings. The molecule has 124 valence electrons. The Balaban J connectivity index is 1.85. The molecule has 0 aromatic rings. The van der Waals surface area contributed by atoms with Crippen LogP contribution in [0.1, 0.15) is 59.3 Å². The maximum atomic E-state index is 10.0. The summed E-state index contributed by atoms with van der Waals surface area (Å²) in [7, 11) is 0. The minimum Gasteiger partial charge on any atom is -0.396 e. The van der Waals surface area contributed by atoms with Crippen molar-refractivity contribution in [2.24, 2.45) is 22.7 Å². The standard InChI is InChI=1S/C20H32O2/c1-6-20(5)17(22-20)12-15-14(2)8-9-16-18(3,13-21)10-7-11-19(15,16)4/h6,15-17,21H,1-2,7-13H2,3-5H3/t15-,16-,17-,18-,19+,20-/m0/s1. The van der Waals surface area contributed by atoms with E-state index in [4.69, 9.17) is 4.74 Å². The van der Waals surface area contributed by atoms with Crippen LogP contribution in [0.3, 0.4) is 0 Å². The first-order valence-electron chi connectivity index (χ1n) is 8.89. The molecule has 0 radical (unpaired) electrons. The minimum atomic E-state index is -0.126. The van der Waals surface area contributed by atoms with Gasteiger partial charge in [0.15, 0.2) is 0 Å². The number of hydrogen-bond acceptors (Lipinski definition) is 2. The molecule has 0 aromatic carbocycles. The Morgan fingerprint density at radius 2 is 2.05 bits per heavy atom. The van der Waals surface area contributed by atoms with Crippen LogP contribution in [0, 0.1) is 22.7 Å². The lowest BCUT2D eigenvalue weighted by molar-refractivity contribution is -0.0869. The number of aliphatic hydroxyl groups excluding tert-OH is 1. The quantitative estimate of drug-likeness (QED) is 0.613. The second kappa shape index (κ2) is 5.21. The first-order chi connectivity index (χ1) is 10.3. The van der Waals surface area contributed by atoms with E-state index in [1.807, 2.05) is 6.08 Å². The summed E-state index contributed by atoms with van der Waals surface area (Å²) in [6.45, 7) is 15.5. The van der Waals surface area contributed by atoms with Crippen molar-refractivity contribution in [1.29, 1.82) is 0 Å². The molecule has 0 amide bonds. The Kier molecular flexibility index (Phi) is 3.85. The molecule has 3 rings (SSSR count). The maximum Gasteiger partial charge on any atom is 0.110 e. The number of ether oxygens (including phenoxy) is 1. The predicted octanol–water partition coefficient (Wildman–Crippen LogP) is 4.49. The van der Waals surface area contributed by atoms with Crippen LogP contribution in [0.2, 0.25) is 0 Å². The van der Waals surface area contributed by atoms with Crippen molar-refractivity contribution >= 4 is 0 Å². The molecule has 3 aliphatic rings. The third-order valence-corrected chi connectivity index (χ3v) is 7.34. The second-order valence-electron chi connectivity index (χ2n) is 8.70. The van der Waals surface area contributed by atoms with Crippen molar-refractivity contribution in [2.45, 2.75) is 71.0 Å². The average molecular weight is 304 g/mol. The molecule has 2 nitrogen and oxygen atoms in total. The Hall–Kier alpha value is -0.600. The molecule has 2 saturated carbocycles. The van der Waals surface area contributed by atoms with Gasteiger partial charge in [-0.3, -0.25) is 0 Å². The maximum absolute atomic E-state index is 10.0. The van der Waals surface area contributed by atoms with E-state index in [0.29, 0.717) is 24.5 Å². The summed E-state index contributed by atoms with van der Waals surface area (Å²) in [4.78, 5) is 0. The highest BCUT2D eigenvalue weighted by molar-refractivity contribution is 5.20. The third-order valence-electron chi connectivity index (χ3n) is 7.34. The van der Waals surface area contributed by atoms with Crippen molar-refractivity contribution < 1.29 is 9.84 Å². The molecule has 2 heteroatoms. The Bertz CT molecular complexity index is 484. The van der Waals surface area contributed by atoms with Crippen molar-refractivity contribution in [1.82, 2.24) is 0 Å². The molecule has 22 heavy (non-hydrogen) atoms. The summed E-state index contributed by atoms with van der Waals surface area (Å²) in [6.07, 6.45) is 9.24. The second-order valence-corrected chi connectivity index (χ2v) is 8.70. The van der Waals surface area contributed by atoms with E-state index >= 15 is 0 Å². The van der Waals surface area contributed by atoms with Gasteiger partial charge in [-0.15, -0.1) is 6.58 Å². The molecule has 0 aromatic heterocycles. The summed E-state index contributed by atoms with van der Waals surface area (Å²) in [5.41, 5.74) is 1.62. The van der Waals surface area contributed by atoms with Gasteiger partial charge in [0.1, 0.15) is 5.60 Å². The van der Waals surface area contributed by atoms with Gasteiger partial charge in [-0.25, -0.2) is 0 Å². The number of rotatable bonds is 4. The lowest BCUT2D eigenvalue weighted by atomic mass is 9.46. The average Bonchev–Trinajstić information content (AvgIpc) is 3.14. The van der Waals surface area contributed by atoms with Gasteiger partial charge in [0.05, 0.1) is 6.10 Å². The molecule has 1 heterocycles. The van der Waals surface area contributed by atoms with E-state index in [-0.39, 0.29) is 16.4 Å².